The first-order valence-corrected chi connectivity index (χ1v) is 11.3. The average molecular weight is 440 g/mol. The van der Waals surface area contributed by atoms with Crippen LogP contribution in [0.3, 0.4) is 0 Å². The summed E-state index contributed by atoms with van der Waals surface area (Å²) in [6, 6.07) is 4.63. The van der Waals surface area contributed by atoms with E-state index in [0.717, 1.165) is 19.3 Å². The van der Waals surface area contributed by atoms with E-state index in [1.54, 1.807) is 20.8 Å². The van der Waals surface area contributed by atoms with Gasteiger partial charge < -0.3 is 10.1 Å². The molecule has 1 saturated heterocycles. The zero-order valence-electron chi connectivity index (χ0n) is 17.7. The zero-order valence-corrected chi connectivity index (χ0v) is 18.5. The second-order valence-corrected chi connectivity index (χ2v) is 10.2. The number of nitrogens with zero attached hydrogens (tertiary/aromatic N) is 1. The lowest BCUT2D eigenvalue weighted by Gasteiger charge is -2.32. The van der Waals surface area contributed by atoms with Gasteiger partial charge in [0.25, 0.3) is 5.91 Å². The minimum absolute atomic E-state index is 0.0672. The quantitative estimate of drug-likeness (QED) is 0.677. The molecule has 1 aliphatic heterocycles. The van der Waals surface area contributed by atoms with Gasteiger partial charge in [0, 0.05) is 18.1 Å². The van der Waals surface area contributed by atoms with Crippen molar-refractivity contribution in [3.8, 4) is 0 Å². The average Bonchev–Trinajstić information content (AvgIpc) is 2.64. The fraction of sp³-hybridized carbons (Fsp3) is 0.550. The Bertz CT molecular complexity index is 890. The highest BCUT2D eigenvalue weighted by molar-refractivity contribution is 7.89. The standard InChI is InChI=1S/C20H29N3O6S/c1-14-7-5-6-12-23(14)30(27,28)16-10-8-15(9-11-16)18(25)29-13-17(24)21-19(26)22-20(2,3)4/h8-11,14H,5-7,12-13H2,1-4H3,(H2,21,22,24,26). The number of amides is 3. The number of rotatable bonds is 5. The molecule has 0 saturated carbocycles. The lowest BCUT2D eigenvalue weighted by atomic mass is 10.1. The third-order valence-corrected chi connectivity index (χ3v) is 6.54. The van der Waals surface area contributed by atoms with Crippen molar-refractivity contribution < 1.29 is 27.5 Å². The van der Waals surface area contributed by atoms with Crippen molar-refractivity contribution in [3.05, 3.63) is 29.8 Å². The number of carbonyl (C=O) groups is 3. The minimum atomic E-state index is -3.64. The van der Waals surface area contributed by atoms with Crippen LogP contribution in [0, 0.1) is 0 Å². The normalized spacial score (nSPS) is 17.8. The van der Waals surface area contributed by atoms with Crippen LogP contribution in [-0.4, -0.2) is 55.4 Å². The topological polar surface area (TPSA) is 122 Å². The van der Waals surface area contributed by atoms with Crippen LogP contribution in [0.25, 0.3) is 0 Å². The third kappa shape index (κ3) is 6.53. The van der Waals surface area contributed by atoms with E-state index >= 15 is 0 Å². The van der Waals surface area contributed by atoms with E-state index < -0.39 is 40.1 Å². The smallest absolute Gasteiger partial charge is 0.338 e. The van der Waals surface area contributed by atoms with E-state index in [2.05, 4.69) is 10.6 Å². The molecular weight excluding hydrogens is 410 g/mol. The van der Waals surface area contributed by atoms with Gasteiger partial charge in [0.2, 0.25) is 10.0 Å². The molecule has 3 amide bonds. The van der Waals surface area contributed by atoms with Crippen molar-refractivity contribution in [1.82, 2.24) is 14.9 Å². The molecule has 1 fully saturated rings. The highest BCUT2D eigenvalue weighted by Gasteiger charge is 2.31. The summed E-state index contributed by atoms with van der Waals surface area (Å²) in [5, 5.41) is 4.61. The van der Waals surface area contributed by atoms with Crippen molar-refractivity contribution in [3.63, 3.8) is 0 Å². The second-order valence-electron chi connectivity index (χ2n) is 8.31. The number of sulfonamides is 1. The third-order valence-electron chi connectivity index (χ3n) is 4.51. The van der Waals surface area contributed by atoms with E-state index in [-0.39, 0.29) is 16.5 Å². The van der Waals surface area contributed by atoms with Crippen LogP contribution in [0.15, 0.2) is 29.2 Å². The number of benzene rings is 1. The molecule has 166 valence electrons. The Morgan fingerprint density at radius 2 is 1.77 bits per heavy atom. The Morgan fingerprint density at radius 3 is 2.33 bits per heavy atom. The lowest BCUT2D eigenvalue weighted by Crippen LogP contribution is -2.49. The molecular formula is C20H29N3O6S. The van der Waals surface area contributed by atoms with Gasteiger partial charge >= 0.3 is 12.0 Å². The van der Waals surface area contributed by atoms with Gasteiger partial charge in [0.1, 0.15) is 0 Å². The molecule has 0 aliphatic carbocycles. The Kier molecular flexibility index (Phi) is 7.59. The largest absolute Gasteiger partial charge is 0.452 e. The first-order chi connectivity index (χ1) is 13.9. The van der Waals surface area contributed by atoms with E-state index in [1.807, 2.05) is 6.92 Å². The van der Waals surface area contributed by atoms with Crippen LogP contribution < -0.4 is 10.6 Å². The number of ether oxygens (including phenoxy) is 1. The highest BCUT2D eigenvalue weighted by Crippen LogP contribution is 2.25. The summed E-state index contributed by atoms with van der Waals surface area (Å²) in [6.07, 6.45) is 2.65. The van der Waals surface area contributed by atoms with Gasteiger partial charge in [-0.2, -0.15) is 4.31 Å². The number of piperidine rings is 1. The van der Waals surface area contributed by atoms with Gasteiger partial charge in [0.05, 0.1) is 10.5 Å². The maximum absolute atomic E-state index is 12.8. The zero-order chi connectivity index (χ0) is 22.5. The van der Waals surface area contributed by atoms with E-state index in [0.29, 0.717) is 6.54 Å². The lowest BCUT2D eigenvalue weighted by molar-refractivity contribution is -0.123. The molecule has 2 N–H and O–H groups in total. The summed E-state index contributed by atoms with van der Waals surface area (Å²) in [7, 11) is -3.64. The van der Waals surface area contributed by atoms with Crippen LogP contribution in [0.5, 0.6) is 0 Å². The number of esters is 1. The van der Waals surface area contributed by atoms with Crippen molar-refractivity contribution >= 4 is 27.9 Å². The molecule has 1 unspecified atom stereocenters. The molecule has 0 aromatic heterocycles. The number of nitrogens with one attached hydrogen (secondary N) is 2. The SMILES string of the molecule is CC1CCCCN1S(=O)(=O)c1ccc(C(=O)OCC(=O)NC(=O)NC(C)(C)C)cc1. The number of urea groups is 1. The Morgan fingerprint density at radius 1 is 1.13 bits per heavy atom. The Balaban J connectivity index is 1.93. The van der Waals surface area contributed by atoms with Crippen LogP contribution >= 0.6 is 0 Å². The second kappa shape index (κ2) is 9.57. The number of imide groups is 1. The molecule has 30 heavy (non-hydrogen) atoms. The van der Waals surface area contributed by atoms with Crippen molar-refractivity contribution in [2.45, 2.75) is 63.4 Å². The summed E-state index contributed by atoms with van der Waals surface area (Å²) in [6.45, 7) is 6.99. The first kappa shape index (κ1) is 23.8. The molecule has 1 aromatic carbocycles. The molecule has 10 heteroatoms. The van der Waals surface area contributed by atoms with Gasteiger partial charge in [-0.15, -0.1) is 0 Å². The first-order valence-electron chi connectivity index (χ1n) is 9.81. The molecule has 1 aliphatic rings. The Labute approximate surface area is 177 Å². The molecule has 2 rings (SSSR count). The maximum Gasteiger partial charge on any atom is 0.338 e. The predicted octanol–water partition coefficient (Wildman–Crippen LogP) is 2.03. The predicted molar refractivity (Wildman–Crippen MR) is 110 cm³/mol. The molecule has 9 nitrogen and oxygen atoms in total. The van der Waals surface area contributed by atoms with Gasteiger partial charge in [-0.1, -0.05) is 6.42 Å². The number of carbonyl (C=O) groups excluding carboxylic acids is 3. The van der Waals surface area contributed by atoms with Gasteiger partial charge in [-0.25, -0.2) is 18.0 Å². The number of hydrogen-bond acceptors (Lipinski definition) is 6. The monoisotopic (exact) mass is 439 g/mol. The summed E-state index contributed by atoms with van der Waals surface area (Å²) in [5.41, 5.74) is -0.414. The summed E-state index contributed by atoms with van der Waals surface area (Å²) >= 11 is 0. The maximum atomic E-state index is 12.8. The van der Waals surface area contributed by atoms with Crippen LogP contribution in [0.2, 0.25) is 0 Å². The van der Waals surface area contributed by atoms with Crippen molar-refractivity contribution in [1.29, 1.82) is 0 Å². The van der Waals surface area contributed by atoms with Gasteiger partial charge in [-0.3, -0.25) is 10.1 Å². The molecule has 1 heterocycles. The van der Waals surface area contributed by atoms with E-state index in [1.165, 1.54) is 28.6 Å². The highest BCUT2D eigenvalue weighted by atomic mass is 32.2. The van der Waals surface area contributed by atoms with Crippen LogP contribution in [0.1, 0.15) is 57.3 Å². The number of hydrogen-bond donors (Lipinski definition) is 2. The molecule has 0 radical (unpaired) electrons. The fourth-order valence-corrected chi connectivity index (χ4v) is 4.78. The van der Waals surface area contributed by atoms with Crippen molar-refractivity contribution in [2.24, 2.45) is 0 Å². The fourth-order valence-electron chi connectivity index (χ4n) is 3.08. The summed E-state index contributed by atoms with van der Waals surface area (Å²) in [5.74, 6) is -1.57. The molecule has 1 atom stereocenters. The molecule has 1 aromatic rings. The minimum Gasteiger partial charge on any atom is -0.452 e. The molecule has 0 spiro atoms. The van der Waals surface area contributed by atoms with E-state index in [9.17, 15) is 22.8 Å². The van der Waals surface area contributed by atoms with Crippen molar-refractivity contribution in [2.75, 3.05) is 13.2 Å². The summed E-state index contributed by atoms with van der Waals surface area (Å²) < 4.78 is 32.0. The Hall–Kier alpha value is -2.46. The van der Waals surface area contributed by atoms with Gasteiger partial charge in [0.15, 0.2) is 6.61 Å². The van der Waals surface area contributed by atoms with E-state index in [4.69, 9.17) is 4.74 Å². The molecule has 0 bridgehead atoms. The van der Waals surface area contributed by atoms with Crippen LogP contribution in [-0.2, 0) is 19.6 Å². The van der Waals surface area contributed by atoms with Gasteiger partial charge in [-0.05, 0) is 64.8 Å². The van der Waals surface area contributed by atoms with Crippen LogP contribution in [0.4, 0.5) is 4.79 Å². The summed E-state index contributed by atoms with van der Waals surface area (Å²) in [4.78, 5) is 35.6.